The summed E-state index contributed by atoms with van der Waals surface area (Å²) >= 11 is 9.26. The van der Waals surface area contributed by atoms with Crippen molar-refractivity contribution in [1.29, 1.82) is 0 Å². The van der Waals surface area contributed by atoms with Crippen molar-refractivity contribution in [1.82, 2.24) is 4.72 Å². The lowest BCUT2D eigenvalue weighted by Gasteiger charge is -2.18. The first kappa shape index (κ1) is 18.3. The predicted molar refractivity (Wildman–Crippen MR) is 95.4 cm³/mol. The molecule has 0 radical (unpaired) electrons. The summed E-state index contributed by atoms with van der Waals surface area (Å²) < 4.78 is 28.6. The van der Waals surface area contributed by atoms with E-state index in [1.807, 2.05) is 31.2 Å². The molecule has 0 saturated carbocycles. The molecule has 0 amide bonds. The molecule has 2 aromatic rings. The minimum absolute atomic E-state index is 0.00623. The van der Waals surface area contributed by atoms with E-state index in [9.17, 15) is 13.5 Å². The second-order valence-electron chi connectivity index (χ2n) is 5.11. The van der Waals surface area contributed by atoms with E-state index < -0.39 is 15.8 Å². The molecule has 0 aromatic heterocycles. The standard InChI is InChI=1S/C16H17BrClNO3S/c1-2-12(10-11-6-3-4-7-13(11)17)19-23(21,22)15-9-5-8-14(18)16(15)20/h3-9,12,19-20H,2,10H2,1H3. The van der Waals surface area contributed by atoms with Crippen LogP contribution in [0, 0.1) is 0 Å². The Hall–Kier alpha value is -1.08. The van der Waals surface area contributed by atoms with Crippen LogP contribution in [0.25, 0.3) is 0 Å². The number of hydrogen-bond donors (Lipinski definition) is 2. The van der Waals surface area contributed by atoms with Crippen LogP contribution in [-0.4, -0.2) is 19.6 Å². The van der Waals surface area contributed by atoms with Gasteiger partial charge in [0.1, 0.15) is 4.90 Å². The Bertz CT molecular complexity index is 796. The van der Waals surface area contributed by atoms with Crippen molar-refractivity contribution in [2.75, 3.05) is 0 Å². The molecule has 0 aliphatic heterocycles. The lowest BCUT2D eigenvalue weighted by Crippen LogP contribution is -2.36. The first-order chi connectivity index (χ1) is 10.8. The largest absolute Gasteiger partial charge is 0.505 e. The topological polar surface area (TPSA) is 66.4 Å². The summed E-state index contributed by atoms with van der Waals surface area (Å²) in [7, 11) is -3.86. The number of sulfonamides is 1. The van der Waals surface area contributed by atoms with Gasteiger partial charge in [-0.1, -0.05) is 58.7 Å². The molecule has 0 aliphatic carbocycles. The minimum atomic E-state index is -3.86. The minimum Gasteiger partial charge on any atom is -0.505 e. The fraction of sp³-hybridized carbons (Fsp3) is 0.250. The van der Waals surface area contributed by atoms with Crippen molar-refractivity contribution in [2.24, 2.45) is 0 Å². The summed E-state index contributed by atoms with van der Waals surface area (Å²) in [5, 5.41) is 9.90. The Balaban J connectivity index is 2.24. The first-order valence-electron chi connectivity index (χ1n) is 7.08. The number of phenolic OH excluding ortho intramolecular Hbond substituents is 1. The normalized spacial score (nSPS) is 13.0. The third kappa shape index (κ3) is 4.47. The van der Waals surface area contributed by atoms with Gasteiger partial charge in [-0.2, -0.15) is 0 Å². The summed E-state index contributed by atoms with van der Waals surface area (Å²) in [6.45, 7) is 1.90. The monoisotopic (exact) mass is 417 g/mol. The van der Waals surface area contributed by atoms with Crippen LogP contribution >= 0.6 is 27.5 Å². The maximum Gasteiger partial charge on any atom is 0.244 e. The van der Waals surface area contributed by atoms with Crippen LogP contribution in [-0.2, 0) is 16.4 Å². The number of benzene rings is 2. The average molecular weight is 419 g/mol. The van der Waals surface area contributed by atoms with E-state index in [1.54, 1.807) is 0 Å². The summed E-state index contributed by atoms with van der Waals surface area (Å²) in [4.78, 5) is -0.212. The SMILES string of the molecule is CCC(Cc1ccccc1Br)NS(=O)(=O)c1cccc(Cl)c1O. The highest BCUT2D eigenvalue weighted by atomic mass is 79.9. The molecule has 124 valence electrons. The molecule has 2 aromatic carbocycles. The lowest BCUT2D eigenvalue weighted by molar-refractivity contribution is 0.456. The van der Waals surface area contributed by atoms with Crippen LogP contribution in [0.2, 0.25) is 5.02 Å². The highest BCUT2D eigenvalue weighted by Crippen LogP contribution is 2.30. The average Bonchev–Trinajstić information content (AvgIpc) is 2.51. The molecule has 0 aliphatic rings. The molecule has 4 nitrogen and oxygen atoms in total. The van der Waals surface area contributed by atoms with Gasteiger partial charge in [0.15, 0.2) is 5.75 Å². The van der Waals surface area contributed by atoms with Gasteiger partial charge in [-0.3, -0.25) is 0 Å². The fourth-order valence-electron chi connectivity index (χ4n) is 2.19. The van der Waals surface area contributed by atoms with Crippen molar-refractivity contribution in [3.05, 3.63) is 57.5 Å². The number of aromatic hydroxyl groups is 1. The third-order valence-corrected chi connectivity index (χ3v) is 6.11. The molecule has 1 unspecified atom stereocenters. The Kier molecular flexibility index (Phi) is 6.08. The van der Waals surface area contributed by atoms with Gasteiger partial charge in [-0.05, 0) is 36.6 Å². The summed E-state index contributed by atoms with van der Waals surface area (Å²) in [5.41, 5.74) is 1.01. The molecule has 23 heavy (non-hydrogen) atoms. The maximum absolute atomic E-state index is 12.5. The van der Waals surface area contributed by atoms with Crippen LogP contribution in [0.4, 0.5) is 0 Å². The van der Waals surface area contributed by atoms with Crippen molar-refractivity contribution in [2.45, 2.75) is 30.7 Å². The zero-order valence-electron chi connectivity index (χ0n) is 12.5. The number of rotatable bonds is 6. The van der Waals surface area contributed by atoms with E-state index in [0.29, 0.717) is 12.8 Å². The Morgan fingerprint density at radius 2 is 1.91 bits per heavy atom. The van der Waals surface area contributed by atoms with E-state index in [4.69, 9.17) is 11.6 Å². The molecule has 7 heteroatoms. The molecule has 0 fully saturated rings. The van der Waals surface area contributed by atoms with Crippen molar-refractivity contribution >= 4 is 37.6 Å². The summed E-state index contributed by atoms with van der Waals surface area (Å²) in [6, 6.07) is 11.6. The van der Waals surface area contributed by atoms with Crippen LogP contribution in [0.1, 0.15) is 18.9 Å². The molecule has 2 rings (SSSR count). The first-order valence-corrected chi connectivity index (χ1v) is 9.73. The molecule has 0 spiro atoms. The number of phenols is 1. The van der Waals surface area contributed by atoms with Gasteiger partial charge in [0.2, 0.25) is 10.0 Å². The van der Waals surface area contributed by atoms with E-state index in [2.05, 4.69) is 20.7 Å². The summed E-state index contributed by atoms with van der Waals surface area (Å²) in [5.74, 6) is -0.433. The van der Waals surface area contributed by atoms with E-state index in [1.165, 1.54) is 18.2 Å². The number of para-hydroxylation sites is 1. The lowest BCUT2D eigenvalue weighted by atomic mass is 10.1. The zero-order chi connectivity index (χ0) is 17.0. The van der Waals surface area contributed by atoms with Gasteiger partial charge in [-0.15, -0.1) is 0 Å². The maximum atomic E-state index is 12.5. The highest BCUT2D eigenvalue weighted by Gasteiger charge is 2.23. The fourth-order valence-corrected chi connectivity index (χ4v) is 4.31. The van der Waals surface area contributed by atoms with Crippen molar-refractivity contribution in [3.8, 4) is 5.75 Å². The molecule has 0 bridgehead atoms. The van der Waals surface area contributed by atoms with Gasteiger partial charge in [0.25, 0.3) is 0 Å². The molecular formula is C16H17BrClNO3S. The Morgan fingerprint density at radius 3 is 2.57 bits per heavy atom. The Labute approximate surface area is 149 Å². The molecule has 0 heterocycles. The number of hydrogen-bond acceptors (Lipinski definition) is 3. The zero-order valence-corrected chi connectivity index (χ0v) is 15.6. The third-order valence-electron chi connectivity index (χ3n) is 3.48. The van der Waals surface area contributed by atoms with Gasteiger partial charge in [-0.25, -0.2) is 13.1 Å². The molecule has 0 saturated heterocycles. The van der Waals surface area contributed by atoms with E-state index >= 15 is 0 Å². The number of nitrogens with one attached hydrogen (secondary N) is 1. The quantitative estimate of drug-likeness (QED) is 0.742. The van der Waals surface area contributed by atoms with Gasteiger partial charge in [0, 0.05) is 10.5 Å². The molecule has 2 N–H and O–H groups in total. The van der Waals surface area contributed by atoms with Crippen molar-refractivity contribution in [3.63, 3.8) is 0 Å². The predicted octanol–water partition coefficient (Wildman–Crippen LogP) is 4.11. The van der Waals surface area contributed by atoms with Gasteiger partial charge < -0.3 is 5.11 Å². The second kappa shape index (κ2) is 7.66. The van der Waals surface area contributed by atoms with Gasteiger partial charge in [0.05, 0.1) is 5.02 Å². The summed E-state index contributed by atoms with van der Waals surface area (Å²) in [6.07, 6.45) is 1.15. The number of halogens is 2. The molecular weight excluding hydrogens is 402 g/mol. The van der Waals surface area contributed by atoms with Crippen LogP contribution < -0.4 is 4.72 Å². The van der Waals surface area contributed by atoms with Crippen molar-refractivity contribution < 1.29 is 13.5 Å². The van der Waals surface area contributed by atoms with Crippen LogP contribution in [0.15, 0.2) is 51.8 Å². The smallest absolute Gasteiger partial charge is 0.244 e. The van der Waals surface area contributed by atoms with Gasteiger partial charge >= 0.3 is 0 Å². The van der Waals surface area contributed by atoms with Crippen LogP contribution in [0.3, 0.4) is 0 Å². The van der Waals surface area contributed by atoms with E-state index in [-0.39, 0.29) is 16.0 Å². The Morgan fingerprint density at radius 1 is 1.22 bits per heavy atom. The highest BCUT2D eigenvalue weighted by molar-refractivity contribution is 9.10. The van der Waals surface area contributed by atoms with Crippen LogP contribution in [0.5, 0.6) is 5.75 Å². The molecule has 1 atom stereocenters. The van der Waals surface area contributed by atoms with E-state index in [0.717, 1.165) is 10.0 Å². The second-order valence-corrected chi connectivity index (χ2v) is 8.05.